The van der Waals surface area contributed by atoms with Crippen molar-refractivity contribution in [3.8, 4) is 0 Å². The topological polar surface area (TPSA) is 105 Å². The molecule has 0 radical (unpaired) electrons. The Balaban J connectivity index is 0.00000288. The Labute approximate surface area is 147 Å². The second-order valence-electron chi connectivity index (χ2n) is 6.06. The predicted molar refractivity (Wildman–Crippen MR) is 90.2 cm³/mol. The summed E-state index contributed by atoms with van der Waals surface area (Å²) < 4.78 is 10.2. The molecule has 1 aliphatic heterocycles. The van der Waals surface area contributed by atoms with Crippen LogP contribution in [0.4, 0.5) is 4.79 Å². The lowest BCUT2D eigenvalue weighted by Gasteiger charge is -2.33. The number of nitrogens with zero attached hydrogens (tertiary/aromatic N) is 1. The first-order valence-electron chi connectivity index (χ1n) is 7.81. The first-order valence-corrected chi connectivity index (χ1v) is 7.81. The highest BCUT2D eigenvalue weighted by Crippen LogP contribution is 2.31. The van der Waals surface area contributed by atoms with Crippen LogP contribution in [0, 0.1) is 5.41 Å². The molecule has 3 N–H and O–H groups in total. The van der Waals surface area contributed by atoms with Crippen molar-refractivity contribution in [2.24, 2.45) is 5.41 Å². The average molecular weight is 361 g/mol. The molecule has 0 unspecified atom stereocenters. The second kappa shape index (κ2) is 9.48. The van der Waals surface area contributed by atoms with Gasteiger partial charge in [-0.15, -0.1) is 12.4 Å². The Kier molecular flexibility index (Phi) is 8.00. The molecule has 1 fully saturated rings. The van der Waals surface area contributed by atoms with Crippen LogP contribution in [-0.4, -0.2) is 43.9 Å². The molecule has 1 saturated heterocycles. The van der Waals surface area contributed by atoms with Crippen LogP contribution >= 0.6 is 12.4 Å². The highest BCUT2D eigenvalue weighted by atomic mass is 35.5. The minimum Gasteiger partial charge on any atom is -0.450 e. The van der Waals surface area contributed by atoms with Gasteiger partial charge in [-0.1, -0.05) is 12.1 Å². The molecule has 2 heterocycles. The smallest absolute Gasteiger partial charge is 0.407 e. The Bertz CT molecular complexity index is 543. The fourth-order valence-electron chi connectivity index (χ4n) is 2.51. The quantitative estimate of drug-likeness (QED) is 0.709. The highest BCUT2D eigenvalue weighted by molar-refractivity contribution is 5.91. The van der Waals surface area contributed by atoms with Crippen LogP contribution in [0.5, 0.6) is 0 Å². The summed E-state index contributed by atoms with van der Waals surface area (Å²) >= 11 is 0. The Morgan fingerprint density at radius 1 is 1.42 bits per heavy atom. The SMILES string of the molecule is CNC(=O)c1cc(CNC(=O)OCCC2(C)CCNCC2)on1.Cl. The largest absolute Gasteiger partial charge is 0.450 e. The predicted octanol–water partition coefficient (Wildman–Crippen LogP) is 1.46. The fourth-order valence-corrected chi connectivity index (χ4v) is 2.51. The average Bonchev–Trinajstić information content (AvgIpc) is 3.01. The molecule has 24 heavy (non-hydrogen) atoms. The van der Waals surface area contributed by atoms with Crippen LogP contribution in [0.2, 0.25) is 0 Å². The van der Waals surface area contributed by atoms with Gasteiger partial charge in [0.05, 0.1) is 13.2 Å². The van der Waals surface area contributed by atoms with Gasteiger partial charge in [0.15, 0.2) is 11.5 Å². The summed E-state index contributed by atoms with van der Waals surface area (Å²) in [6, 6.07) is 1.48. The van der Waals surface area contributed by atoms with E-state index in [1.54, 1.807) is 0 Å². The number of rotatable bonds is 6. The van der Waals surface area contributed by atoms with E-state index in [9.17, 15) is 9.59 Å². The van der Waals surface area contributed by atoms with Gasteiger partial charge in [-0.3, -0.25) is 4.79 Å². The van der Waals surface area contributed by atoms with E-state index < -0.39 is 6.09 Å². The third-order valence-electron chi connectivity index (χ3n) is 4.18. The number of hydrogen-bond donors (Lipinski definition) is 3. The summed E-state index contributed by atoms with van der Waals surface area (Å²) in [5.41, 5.74) is 0.412. The summed E-state index contributed by atoms with van der Waals surface area (Å²) in [5.74, 6) is 0.0589. The van der Waals surface area contributed by atoms with E-state index in [1.807, 2.05) is 0 Å². The van der Waals surface area contributed by atoms with Gasteiger partial charge in [-0.25, -0.2) is 4.79 Å². The van der Waals surface area contributed by atoms with Gasteiger partial charge in [-0.2, -0.15) is 0 Å². The molecule has 1 aromatic heterocycles. The summed E-state index contributed by atoms with van der Waals surface area (Å²) in [7, 11) is 1.51. The van der Waals surface area contributed by atoms with E-state index >= 15 is 0 Å². The van der Waals surface area contributed by atoms with Crippen LogP contribution in [0.3, 0.4) is 0 Å². The van der Waals surface area contributed by atoms with Crippen LogP contribution < -0.4 is 16.0 Å². The first kappa shape index (κ1) is 20.2. The van der Waals surface area contributed by atoms with Gasteiger partial charge < -0.3 is 25.2 Å². The van der Waals surface area contributed by atoms with Crippen LogP contribution in [0.15, 0.2) is 10.6 Å². The molecule has 0 bridgehead atoms. The van der Waals surface area contributed by atoms with Crippen LogP contribution in [0.25, 0.3) is 0 Å². The second-order valence-corrected chi connectivity index (χ2v) is 6.06. The summed E-state index contributed by atoms with van der Waals surface area (Å²) in [4.78, 5) is 23.0. The number of aromatic nitrogens is 1. The molecule has 8 nitrogen and oxygen atoms in total. The lowest BCUT2D eigenvalue weighted by Crippen LogP contribution is -2.36. The van der Waals surface area contributed by atoms with Crippen LogP contribution in [0.1, 0.15) is 42.4 Å². The molecule has 136 valence electrons. The van der Waals surface area contributed by atoms with Crippen molar-refractivity contribution in [3.63, 3.8) is 0 Å². The van der Waals surface area contributed by atoms with Crippen molar-refractivity contribution >= 4 is 24.4 Å². The van der Waals surface area contributed by atoms with E-state index in [0.717, 1.165) is 32.4 Å². The number of carbonyl (C=O) groups excluding carboxylic acids is 2. The molecule has 0 saturated carbocycles. The fraction of sp³-hybridized carbons (Fsp3) is 0.667. The molecule has 2 rings (SSSR count). The van der Waals surface area contributed by atoms with Gasteiger partial charge in [-0.05, 0) is 37.8 Å². The van der Waals surface area contributed by atoms with Gasteiger partial charge in [0.2, 0.25) is 0 Å². The number of piperidine rings is 1. The number of carbonyl (C=O) groups is 2. The molecular weight excluding hydrogens is 336 g/mol. The molecule has 0 spiro atoms. The van der Waals surface area contributed by atoms with Gasteiger partial charge in [0.1, 0.15) is 0 Å². The standard InChI is InChI=1S/C15H24N4O4.ClH/c1-15(3-6-17-7-4-15)5-8-22-14(21)18-10-11-9-12(19-23-11)13(20)16-2;/h9,17H,3-8,10H2,1-2H3,(H,16,20)(H,18,21);1H. The number of alkyl carbamates (subject to hydrolysis) is 1. The minimum absolute atomic E-state index is 0. The maximum atomic E-state index is 11.7. The number of nitrogens with one attached hydrogen (secondary N) is 3. The lowest BCUT2D eigenvalue weighted by molar-refractivity contribution is 0.0953. The Morgan fingerprint density at radius 2 is 2.12 bits per heavy atom. The maximum Gasteiger partial charge on any atom is 0.407 e. The van der Waals surface area contributed by atoms with E-state index in [1.165, 1.54) is 13.1 Å². The summed E-state index contributed by atoms with van der Waals surface area (Å²) in [5, 5.41) is 12.0. The number of hydrogen-bond acceptors (Lipinski definition) is 6. The molecule has 1 aliphatic rings. The number of amides is 2. The molecule has 9 heteroatoms. The molecular formula is C15H25ClN4O4. The zero-order valence-electron chi connectivity index (χ0n) is 14.0. The van der Waals surface area contributed by atoms with E-state index in [-0.39, 0.29) is 36.0 Å². The van der Waals surface area contributed by atoms with Crippen molar-refractivity contribution < 1.29 is 18.8 Å². The number of halogens is 1. The maximum absolute atomic E-state index is 11.7. The van der Waals surface area contributed by atoms with Crippen molar-refractivity contribution in [3.05, 3.63) is 17.5 Å². The lowest BCUT2D eigenvalue weighted by atomic mass is 9.78. The van der Waals surface area contributed by atoms with Crippen molar-refractivity contribution in [2.45, 2.75) is 32.7 Å². The van der Waals surface area contributed by atoms with Gasteiger partial charge in [0, 0.05) is 13.1 Å². The Hall–Kier alpha value is -1.80. The summed E-state index contributed by atoms with van der Waals surface area (Å²) in [6.07, 6.45) is 2.54. The van der Waals surface area contributed by atoms with Crippen molar-refractivity contribution in [1.82, 2.24) is 21.1 Å². The third-order valence-corrected chi connectivity index (χ3v) is 4.18. The summed E-state index contributed by atoms with van der Waals surface area (Å²) in [6.45, 7) is 4.78. The molecule has 2 amide bonds. The molecule has 1 aromatic rings. The van der Waals surface area contributed by atoms with E-state index in [4.69, 9.17) is 9.26 Å². The van der Waals surface area contributed by atoms with Gasteiger partial charge >= 0.3 is 6.09 Å². The van der Waals surface area contributed by atoms with E-state index in [0.29, 0.717) is 12.4 Å². The minimum atomic E-state index is -0.500. The zero-order chi connectivity index (χ0) is 16.7. The molecule has 0 aromatic carbocycles. The zero-order valence-corrected chi connectivity index (χ0v) is 14.8. The van der Waals surface area contributed by atoms with E-state index in [2.05, 4.69) is 28.0 Å². The third kappa shape index (κ3) is 6.01. The van der Waals surface area contributed by atoms with Crippen LogP contribution in [-0.2, 0) is 11.3 Å². The van der Waals surface area contributed by atoms with Gasteiger partial charge in [0.25, 0.3) is 5.91 Å². The van der Waals surface area contributed by atoms with Crippen molar-refractivity contribution in [2.75, 3.05) is 26.7 Å². The van der Waals surface area contributed by atoms with Crippen molar-refractivity contribution in [1.29, 1.82) is 0 Å². The first-order chi connectivity index (χ1) is 11.0. The molecule has 0 atom stereocenters. The monoisotopic (exact) mass is 360 g/mol. The Morgan fingerprint density at radius 3 is 2.79 bits per heavy atom. The normalized spacial score (nSPS) is 15.9. The molecule has 0 aliphatic carbocycles. The highest BCUT2D eigenvalue weighted by Gasteiger charge is 2.26. The number of ether oxygens (including phenoxy) is 1.